The predicted octanol–water partition coefficient (Wildman–Crippen LogP) is 5.23. The van der Waals surface area contributed by atoms with Crippen molar-refractivity contribution in [2.24, 2.45) is 0 Å². The average molecular weight is 439 g/mol. The molecule has 5 nitrogen and oxygen atoms in total. The van der Waals surface area contributed by atoms with Gasteiger partial charge in [-0.1, -0.05) is 36.0 Å². The standard InChI is InChI=1S/C23H22N2O3S2/c1-27-22(26)20(25-12-4-5-13-25)16-17-8-10-18(11-9-17)28-14-15-29-23-24-19-6-2-3-7-21(19)30-23/h2-13,20H,14-16H2,1H3. The lowest BCUT2D eigenvalue weighted by Gasteiger charge is -2.17. The minimum absolute atomic E-state index is 0.251. The van der Waals surface area contributed by atoms with Crippen molar-refractivity contribution in [2.75, 3.05) is 19.5 Å². The summed E-state index contributed by atoms with van der Waals surface area (Å²) < 4.78 is 15.0. The minimum atomic E-state index is -0.373. The molecule has 0 fully saturated rings. The number of rotatable bonds is 9. The van der Waals surface area contributed by atoms with E-state index in [4.69, 9.17) is 9.47 Å². The molecule has 0 saturated carbocycles. The summed E-state index contributed by atoms with van der Waals surface area (Å²) in [7, 11) is 1.42. The van der Waals surface area contributed by atoms with Gasteiger partial charge in [-0.15, -0.1) is 11.3 Å². The van der Waals surface area contributed by atoms with E-state index >= 15 is 0 Å². The highest BCUT2D eigenvalue weighted by molar-refractivity contribution is 8.01. The number of carbonyl (C=O) groups excluding carboxylic acids is 1. The molecular formula is C23H22N2O3S2. The Bertz CT molecular complexity index is 1060. The number of hydrogen-bond donors (Lipinski definition) is 0. The predicted molar refractivity (Wildman–Crippen MR) is 121 cm³/mol. The molecular weight excluding hydrogens is 416 g/mol. The van der Waals surface area contributed by atoms with Crippen molar-refractivity contribution in [3.8, 4) is 5.75 Å². The Morgan fingerprint density at radius 1 is 1.10 bits per heavy atom. The first-order valence-corrected chi connectivity index (χ1v) is 11.4. The summed E-state index contributed by atoms with van der Waals surface area (Å²) in [6, 6.07) is 19.5. The van der Waals surface area contributed by atoms with Gasteiger partial charge in [-0.3, -0.25) is 0 Å². The number of aromatic nitrogens is 2. The highest BCUT2D eigenvalue weighted by Gasteiger charge is 2.20. The molecule has 0 spiro atoms. The lowest BCUT2D eigenvalue weighted by atomic mass is 10.1. The van der Waals surface area contributed by atoms with Crippen LogP contribution >= 0.6 is 23.1 Å². The number of methoxy groups -OCH3 is 1. The summed E-state index contributed by atoms with van der Waals surface area (Å²) in [6.45, 7) is 0.605. The molecule has 2 aromatic heterocycles. The molecule has 0 aliphatic rings. The Labute approximate surface area is 183 Å². The topological polar surface area (TPSA) is 53.4 Å². The van der Waals surface area contributed by atoms with E-state index in [-0.39, 0.29) is 12.0 Å². The molecule has 0 N–H and O–H groups in total. The normalized spacial score (nSPS) is 12.0. The summed E-state index contributed by atoms with van der Waals surface area (Å²) in [5.41, 5.74) is 2.10. The molecule has 2 heterocycles. The van der Waals surface area contributed by atoms with Crippen molar-refractivity contribution < 1.29 is 14.3 Å². The van der Waals surface area contributed by atoms with Crippen LogP contribution in [0.3, 0.4) is 0 Å². The second-order valence-corrected chi connectivity index (χ2v) is 9.03. The van der Waals surface area contributed by atoms with Crippen LogP contribution in [0.2, 0.25) is 0 Å². The molecule has 4 rings (SSSR count). The van der Waals surface area contributed by atoms with E-state index in [0.29, 0.717) is 13.0 Å². The third-order valence-corrected chi connectivity index (χ3v) is 6.81. The Balaban J connectivity index is 1.28. The van der Waals surface area contributed by atoms with Gasteiger partial charge in [0, 0.05) is 24.6 Å². The van der Waals surface area contributed by atoms with Gasteiger partial charge in [0.2, 0.25) is 0 Å². The number of hydrogen-bond acceptors (Lipinski definition) is 6. The van der Waals surface area contributed by atoms with E-state index in [2.05, 4.69) is 11.1 Å². The molecule has 4 aromatic rings. The van der Waals surface area contributed by atoms with E-state index < -0.39 is 0 Å². The average Bonchev–Trinajstić information content (AvgIpc) is 3.45. The number of ether oxygens (including phenoxy) is 2. The van der Waals surface area contributed by atoms with Gasteiger partial charge < -0.3 is 14.0 Å². The number of esters is 1. The summed E-state index contributed by atoms with van der Waals surface area (Å²) in [5.74, 6) is 1.40. The quantitative estimate of drug-likeness (QED) is 0.204. The molecule has 0 bridgehead atoms. The third-order valence-electron chi connectivity index (χ3n) is 4.66. The molecule has 0 radical (unpaired) electrons. The van der Waals surface area contributed by atoms with Crippen molar-refractivity contribution in [3.05, 3.63) is 78.6 Å². The van der Waals surface area contributed by atoms with Crippen molar-refractivity contribution >= 4 is 39.3 Å². The maximum absolute atomic E-state index is 12.2. The third kappa shape index (κ3) is 5.04. The Morgan fingerprint density at radius 2 is 1.87 bits per heavy atom. The summed E-state index contributed by atoms with van der Waals surface area (Å²) in [5, 5.41) is 0. The molecule has 2 aromatic carbocycles. The summed E-state index contributed by atoms with van der Waals surface area (Å²) in [6.07, 6.45) is 4.32. The fraction of sp³-hybridized carbons (Fsp3) is 0.217. The molecule has 0 aliphatic heterocycles. The first kappa shape index (κ1) is 20.5. The number of nitrogens with zero attached hydrogens (tertiary/aromatic N) is 2. The van der Waals surface area contributed by atoms with Crippen LogP contribution in [0.1, 0.15) is 11.6 Å². The van der Waals surface area contributed by atoms with Crippen LogP contribution in [0.25, 0.3) is 10.2 Å². The molecule has 0 saturated heterocycles. The van der Waals surface area contributed by atoms with E-state index in [1.807, 2.05) is 71.6 Å². The van der Waals surface area contributed by atoms with Gasteiger partial charge >= 0.3 is 5.97 Å². The van der Waals surface area contributed by atoms with Gasteiger partial charge in [-0.25, -0.2) is 9.78 Å². The van der Waals surface area contributed by atoms with E-state index in [1.165, 1.54) is 11.8 Å². The molecule has 154 valence electrons. The second-order valence-electron chi connectivity index (χ2n) is 6.66. The van der Waals surface area contributed by atoms with Crippen molar-refractivity contribution in [3.63, 3.8) is 0 Å². The van der Waals surface area contributed by atoms with Gasteiger partial charge in [-0.2, -0.15) is 0 Å². The van der Waals surface area contributed by atoms with Crippen LogP contribution < -0.4 is 4.74 Å². The molecule has 7 heteroatoms. The Kier molecular flexibility index (Phi) is 6.71. The van der Waals surface area contributed by atoms with Gasteiger partial charge in [0.1, 0.15) is 11.8 Å². The van der Waals surface area contributed by atoms with Gasteiger partial charge in [-0.05, 0) is 42.0 Å². The maximum atomic E-state index is 12.2. The summed E-state index contributed by atoms with van der Waals surface area (Å²) >= 11 is 3.42. The Hall–Kier alpha value is -2.77. The number of thioether (sulfide) groups is 1. The van der Waals surface area contributed by atoms with E-state index in [1.54, 1.807) is 23.1 Å². The van der Waals surface area contributed by atoms with Gasteiger partial charge in [0.05, 0.1) is 23.9 Å². The minimum Gasteiger partial charge on any atom is -0.493 e. The van der Waals surface area contributed by atoms with Crippen LogP contribution in [0.4, 0.5) is 0 Å². The zero-order valence-electron chi connectivity index (χ0n) is 16.6. The van der Waals surface area contributed by atoms with Crippen molar-refractivity contribution in [1.29, 1.82) is 0 Å². The van der Waals surface area contributed by atoms with Crippen molar-refractivity contribution in [1.82, 2.24) is 9.55 Å². The molecule has 0 amide bonds. The van der Waals surface area contributed by atoms with E-state index in [0.717, 1.165) is 26.9 Å². The fourth-order valence-electron chi connectivity index (χ4n) is 3.15. The lowest BCUT2D eigenvalue weighted by molar-refractivity contribution is -0.144. The zero-order chi connectivity index (χ0) is 20.8. The largest absolute Gasteiger partial charge is 0.493 e. The second kappa shape index (κ2) is 9.82. The molecule has 1 atom stereocenters. The molecule has 0 aliphatic carbocycles. The summed E-state index contributed by atoms with van der Waals surface area (Å²) in [4.78, 5) is 16.8. The van der Waals surface area contributed by atoms with Crippen LogP contribution in [-0.4, -0.2) is 35.0 Å². The van der Waals surface area contributed by atoms with Gasteiger partial charge in [0.15, 0.2) is 4.34 Å². The maximum Gasteiger partial charge on any atom is 0.329 e. The van der Waals surface area contributed by atoms with Crippen LogP contribution in [0.15, 0.2) is 77.4 Å². The highest BCUT2D eigenvalue weighted by atomic mass is 32.2. The van der Waals surface area contributed by atoms with Crippen LogP contribution in [-0.2, 0) is 16.0 Å². The molecule has 30 heavy (non-hydrogen) atoms. The number of thiazole rings is 1. The number of carbonyl (C=O) groups is 1. The zero-order valence-corrected chi connectivity index (χ0v) is 18.2. The number of para-hydroxylation sites is 1. The fourth-order valence-corrected chi connectivity index (χ4v) is 5.10. The monoisotopic (exact) mass is 438 g/mol. The van der Waals surface area contributed by atoms with Crippen molar-refractivity contribution in [2.45, 2.75) is 16.8 Å². The van der Waals surface area contributed by atoms with Gasteiger partial charge in [0.25, 0.3) is 0 Å². The smallest absolute Gasteiger partial charge is 0.329 e. The number of fused-ring (bicyclic) bond motifs is 1. The lowest BCUT2D eigenvalue weighted by Crippen LogP contribution is -2.22. The first-order valence-electron chi connectivity index (χ1n) is 9.63. The van der Waals surface area contributed by atoms with Crippen LogP contribution in [0.5, 0.6) is 5.75 Å². The van der Waals surface area contributed by atoms with E-state index in [9.17, 15) is 4.79 Å². The SMILES string of the molecule is COC(=O)C(Cc1ccc(OCCSc2nc3ccccc3s2)cc1)n1cccc1. The highest BCUT2D eigenvalue weighted by Crippen LogP contribution is 2.29. The van der Waals surface area contributed by atoms with Crippen LogP contribution in [0, 0.1) is 0 Å². The Morgan fingerprint density at radius 3 is 2.60 bits per heavy atom. The first-order chi connectivity index (χ1) is 14.7. The molecule has 1 unspecified atom stereocenters. The number of benzene rings is 2.